The van der Waals surface area contributed by atoms with Gasteiger partial charge in [-0.2, -0.15) is 0 Å². The molecule has 0 saturated heterocycles. The van der Waals surface area contributed by atoms with E-state index in [0.717, 1.165) is 28.0 Å². The Morgan fingerprint density at radius 2 is 1.94 bits per heavy atom. The number of nitrogens with two attached hydrogens (primary N) is 1. The van der Waals surface area contributed by atoms with Gasteiger partial charge >= 0.3 is 0 Å². The van der Waals surface area contributed by atoms with Gasteiger partial charge in [0.05, 0.1) is 18.4 Å². The number of rotatable bonds is 7. The van der Waals surface area contributed by atoms with Crippen molar-refractivity contribution >= 4 is 40.2 Å². The Bertz CT molecular complexity index is 1220. The quantitative estimate of drug-likeness (QED) is 0.334. The molecule has 0 aliphatic heterocycles. The van der Waals surface area contributed by atoms with Crippen LogP contribution in [0.25, 0.3) is 10.9 Å². The van der Waals surface area contributed by atoms with Crippen LogP contribution in [0.2, 0.25) is 0 Å². The maximum Gasteiger partial charge on any atom is 0.257 e. The molecule has 0 spiro atoms. The third kappa shape index (κ3) is 4.77. The number of fused-ring (bicyclic) bond motifs is 1. The van der Waals surface area contributed by atoms with E-state index < -0.39 is 0 Å². The van der Waals surface area contributed by atoms with E-state index in [0.29, 0.717) is 23.2 Å². The van der Waals surface area contributed by atoms with E-state index in [2.05, 4.69) is 20.4 Å². The zero-order valence-electron chi connectivity index (χ0n) is 17.2. The molecular formula is C22H22N6O2S. The molecular weight excluding hydrogens is 412 g/mol. The van der Waals surface area contributed by atoms with Crippen LogP contribution in [0, 0.1) is 6.92 Å². The fourth-order valence-corrected chi connectivity index (χ4v) is 3.82. The van der Waals surface area contributed by atoms with Crippen molar-refractivity contribution in [3.05, 3.63) is 65.9 Å². The Labute approximate surface area is 183 Å². The molecule has 3 N–H and O–H groups in total. The number of carbonyl (C=O) groups is 1. The van der Waals surface area contributed by atoms with Gasteiger partial charge in [0, 0.05) is 23.7 Å². The average molecular weight is 435 g/mol. The summed E-state index contributed by atoms with van der Waals surface area (Å²) in [7, 11) is 1.65. The maximum absolute atomic E-state index is 12.5. The molecule has 2 aromatic carbocycles. The number of hydrogen-bond acceptors (Lipinski definition) is 8. The van der Waals surface area contributed by atoms with Crippen molar-refractivity contribution in [1.29, 1.82) is 0 Å². The molecule has 31 heavy (non-hydrogen) atoms. The summed E-state index contributed by atoms with van der Waals surface area (Å²) >= 11 is 1.27. The molecule has 4 aromatic rings. The molecule has 0 bridgehead atoms. The highest BCUT2D eigenvalue weighted by Crippen LogP contribution is 2.25. The minimum absolute atomic E-state index is 0.151. The van der Waals surface area contributed by atoms with Crippen molar-refractivity contribution in [1.82, 2.24) is 19.7 Å². The van der Waals surface area contributed by atoms with Gasteiger partial charge < -0.3 is 15.8 Å². The van der Waals surface area contributed by atoms with Crippen LogP contribution in [0.15, 0.2) is 59.8 Å². The number of hydrogen-bond donors (Lipinski definition) is 2. The van der Waals surface area contributed by atoms with E-state index in [1.807, 2.05) is 48.5 Å². The van der Waals surface area contributed by atoms with E-state index in [-0.39, 0.29) is 11.7 Å². The number of thioether (sulfide) groups is 1. The van der Waals surface area contributed by atoms with Crippen molar-refractivity contribution in [2.45, 2.75) is 18.6 Å². The molecule has 0 fully saturated rings. The van der Waals surface area contributed by atoms with E-state index >= 15 is 0 Å². The summed E-state index contributed by atoms with van der Waals surface area (Å²) in [4.78, 5) is 21.8. The second-order valence-corrected chi connectivity index (χ2v) is 7.82. The zero-order chi connectivity index (χ0) is 21.8. The molecule has 158 valence electrons. The van der Waals surface area contributed by atoms with Crippen molar-refractivity contribution in [2.75, 3.05) is 23.9 Å². The molecule has 0 saturated carbocycles. The summed E-state index contributed by atoms with van der Waals surface area (Å²) in [6, 6.07) is 17.3. The molecule has 0 aliphatic rings. The van der Waals surface area contributed by atoms with Gasteiger partial charge in [-0.05, 0) is 36.8 Å². The van der Waals surface area contributed by atoms with Gasteiger partial charge in [-0.25, -0.2) is 14.6 Å². The molecule has 2 aromatic heterocycles. The lowest BCUT2D eigenvalue weighted by molar-refractivity contribution is 0.0924. The number of aryl methyl sites for hydroxylation is 1. The third-order valence-electron chi connectivity index (χ3n) is 4.67. The average Bonchev–Trinajstić information content (AvgIpc) is 3.14. The van der Waals surface area contributed by atoms with Crippen LogP contribution < -0.4 is 15.8 Å². The summed E-state index contributed by atoms with van der Waals surface area (Å²) in [5.74, 6) is 1.83. The predicted molar refractivity (Wildman–Crippen MR) is 123 cm³/mol. The number of ether oxygens (including phenoxy) is 1. The number of benzene rings is 2. The standard InChI is InChI=1S/C22H22N6O2S/c1-14-11-19(23)27-28(14)20(29)13-31-22-25-18-6-4-3-5-17(18)21(26-22)24-12-15-7-9-16(30-2)10-8-15/h3-11H,12-13H2,1-2H3,(H2,23,27)(H,24,25,26). The first-order valence-corrected chi connectivity index (χ1v) is 10.6. The molecule has 8 nitrogen and oxygen atoms in total. The van der Waals surface area contributed by atoms with Crippen LogP contribution in [-0.2, 0) is 6.54 Å². The molecule has 4 rings (SSSR count). The number of aromatic nitrogens is 4. The second-order valence-electron chi connectivity index (χ2n) is 6.88. The summed E-state index contributed by atoms with van der Waals surface area (Å²) in [5.41, 5.74) is 8.28. The fourth-order valence-electron chi connectivity index (χ4n) is 3.12. The smallest absolute Gasteiger partial charge is 0.257 e. The van der Waals surface area contributed by atoms with E-state index in [9.17, 15) is 4.79 Å². The minimum Gasteiger partial charge on any atom is -0.497 e. The summed E-state index contributed by atoms with van der Waals surface area (Å²) < 4.78 is 6.52. The predicted octanol–water partition coefficient (Wildman–Crippen LogP) is 3.77. The highest BCUT2D eigenvalue weighted by molar-refractivity contribution is 7.99. The van der Waals surface area contributed by atoms with E-state index in [1.165, 1.54) is 16.4 Å². The number of anilines is 2. The lowest BCUT2D eigenvalue weighted by Gasteiger charge is -2.11. The Morgan fingerprint density at radius 1 is 1.16 bits per heavy atom. The first kappa shape index (κ1) is 20.7. The van der Waals surface area contributed by atoms with Crippen LogP contribution in [0.4, 0.5) is 11.6 Å². The summed E-state index contributed by atoms with van der Waals surface area (Å²) in [6.45, 7) is 2.39. The zero-order valence-corrected chi connectivity index (χ0v) is 18.0. The van der Waals surface area contributed by atoms with Crippen LogP contribution >= 0.6 is 11.8 Å². The Hall–Kier alpha value is -3.59. The topological polar surface area (TPSA) is 108 Å². The highest BCUT2D eigenvalue weighted by atomic mass is 32.2. The Kier molecular flexibility index (Phi) is 6.03. The van der Waals surface area contributed by atoms with Crippen molar-refractivity contribution in [3.8, 4) is 5.75 Å². The Morgan fingerprint density at radius 3 is 2.65 bits per heavy atom. The van der Waals surface area contributed by atoms with Gasteiger partial charge in [0.1, 0.15) is 17.4 Å². The first-order chi connectivity index (χ1) is 15.0. The molecule has 0 unspecified atom stereocenters. The van der Waals surface area contributed by atoms with Gasteiger partial charge in [-0.1, -0.05) is 36.0 Å². The van der Waals surface area contributed by atoms with Gasteiger partial charge in [0.25, 0.3) is 5.91 Å². The summed E-state index contributed by atoms with van der Waals surface area (Å²) in [5, 5.41) is 8.86. The molecule has 9 heteroatoms. The lowest BCUT2D eigenvalue weighted by atomic mass is 10.2. The second kappa shape index (κ2) is 9.05. The number of nitrogens with zero attached hydrogens (tertiary/aromatic N) is 4. The van der Waals surface area contributed by atoms with Crippen molar-refractivity contribution in [3.63, 3.8) is 0 Å². The van der Waals surface area contributed by atoms with Crippen LogP contribution in [0.5, 0.6) is 5.75 Å². The van der Waals surface area contributed by atoms with Crippen LogP contribution in [-0.4, -0.2) is 38.5 Å². The number of nitrogen functional groups attached to an aromatic ring is 1. The highest BCUT2D eigenvalue weighted by Gasteiger charge is 2.14. The molecule has 0 amide bonds. The van der Waals surface area contributed by atoms with Gasteiger partial charge in [0.15, 0.2) is 5.16 Å². The monoisotopic (exact) mass is 434 g/mol. The lowest BCUT2D eigenvalue weighted by Crippen LogP contribution is -2.16. The largest absolute Gasteiger partial charge is 0.497 e. The SMILES string of the molecule is COc1ccc(CNc2nc(SCC(=O)n3nc(N)cc3C)nc3ccccc23)cc1. The van der Waals surface area contributed by atoms with E-state index in [1.54, 1.807) is 20.1 Å². The van der Waals surface area contributed by atoms with Crippen LogP contribution in [0.3, 0.4) is 0 Å². The normalized spacial score (nSPS) is 10.9. The van der Waals surface area contributed by atoms with Crippen molar-refractivity contribution in [2.24, 2.45) is 0 Å². The third-order valence-corrected chi connectivity index (χ3v) is 5.50. The number of methoxy groups -OCH3 is 1. The number of nitrogens with one attached hydrogen (secondary N) is 1. The fraction of sp³-hybridized carbons (Fsp3) is 0.182. The van der Waals surface area contributed by atoms with Gasteiger partial charge in [0.2, 0.25) is 0 Å². The van der Waals surface area contributed by atoms with Crippen LogP contribution in [0.1, 0.15) is 16.1 Å². The molecule has 2 heterocycles. The van der Waals surface area contributed by atoms with Gasteiger partial charge in [-0.3, -0.25) is 4.79 Å². The van der Waals surface area contributed by atoms with E-state index in [4.69, 9.17) is 10.5 Å². The summed E-state index contributed by atoms with van der Waals surface area (Å²) in [6.07, 6.45) is 0. The molecule has 0 atom stereocenters. The first-order valence-electron chi connectivity index (χ1n) is 9.65. The minimum atomic E-state index is -0.177. The van der Waals surface area contributed by atoms with Crippen molar-refractivity contribution < 1.29 is 9.53 Å². The molecule has 0 radical (unpaired) electrons. The Balaban J connectivity index is 1.52. The number of para-hydroxylation sites is 1. The number of carbonyl (C=O) groups excluding carboxylic acids is 1. The maximum atomic E-state index is 12.5. The molecule has 0 aliphatic carbocycles. The van der Waals surface area contributed by atoms with Gasteiger partial charge in [-0.15, -0.1) is 5.10 Å².